The standard InChI is InChI=1S/C10H14O.C9H11FO.2C9H12O.4CH4/c1-4-11-10-6-5-8(2)7-9(10)3;1-3-11-9-5-4-7(2)6-8(9)10;2*1-3-10-9-6-4-8(2)5-7-9;;;;/h5-7H,4H2,1-3H3;4-6H,3H2,1-2H3;2*4-7H,3H2,1-2H3;4*1H4. The van der Waals surface area contributed by atoms with Gasteiger partial charge in [-0.15, -0.1) is 0 Å². The Kier molecular flexibility index (Phi) is 30.3. The molecule has 0 spiro atoms. The number of hydrogen-bond acceptors (Lipinski definition) is 4. The Hall–Kier alpha value is -3.99. The van der Waals surface area contributed by atoms with E-state index in [2.05, 4.69) is 39.8 Å². The molecule has 0 saturated carbocycles. The normalized spacial score (nSPS) is 8.74. The van der Waals surface area contributed by atoms with Gasteiger partial charge in [0.2, 0.25) is 0 Å². The maximum absolute atomic E-state index is 12.9. The number of ether oxygens (including phenoxy) is 4. The van der Waals surface area contributed by atoms with Gasteiger partial charge in [0.15, 0.2) is 11.6 Å². The molecular formula is C41H65FO4. The van der Waals surface area contributed by atoms with E-state index in [1.807, 2.05) is 95.3 Å². The molecule has 260 valence electrons. The van der Waals surface area contributed by atoms with E-state index in [9.17, 15) is 4.39 Å². The highest BCUT2D eigenvalue weighted by Gasteiger charge is 2.00. The van der Waals surface area contributed by atoms with Crippen molar-refractivity contribution in [1.29, 1.82) is 0 Å². The monoisotopic (exact) mass is 640 g/mol. The van der Waals surface area contributed by atoms with Gasteiger partial charge in [0.1, 0.15) is 17.2 Å². The summed E-state index contributed by atoms with van der Waals surface area (Å²) in [5, 5.41) is 0. The van der Waals surface area contributed by atoms with E-state index in [4.69, 9.17) is 18.9 Å². The molecule has 4 nitrogen and oxygen atoms in total. The average Bonchev–Trinajstić information content (AvgIpc) is 2.96. The van der Waals surface area contributed by atoms with Gasteiger partial charge in [-0.25, -0.2) is 4.39 Å². The zero-order chi connectivity index (χ0) is 31.3. The first-order chi connectivity index (χ1) is 20.1. The first kappa shape index (κ1) is 48.9. The summed E-state index contributed by atoms with van der Waals surface area (Å²) in [5.41, 5.74) is 5.94. The minimum absolute atomic E-state index is 0. The predicted molar refractivity (Wildman–Crippen MR) is 201 cm³/mol. The Morgan fingerprint density at radius 2 is 0.739 bits per heavy atom. The van der Waals surface area contributed by atoms with Crippen molar-refractivity contribution in [2.75, 3.05) is 26.4 Å². The topological polar surface area (TPSA) is 36.9 Å². The van der Waals surface area contributed by atoms with Crippen LogP contribution in [0.4, 0.5) is 4.39 Å². The molecule has 0 aromatic heterocycles. The number of benzene rings is 4. The van der Waals surface area contributed by atoms with Crippen molar-refractivity contribution in [3.05, 3.63) is 119 Å². The van der Waals surface area contributed by atoms with Crippen LogP contribution >= 0.6 is 0 Å². The lowest BCUT2D eigenvalue weighted by Crippen LogP contribution is -1.94. The lowest BCUT2D eigenvalue weighted by Gasteiger charge is -2.06. The minimum Gasteiger partial charge on any atom is -0.494 e. The quantitative estimate of drug-likeness (QED) is 0.192. The highest BCUT2D eigenvalue weighted by Crippen LogP contribution is 2.19. The van der Waals surface area contributed by atoms with E-state index in [0.717, 1.165) is 42.6 Å². The van der Waals surface area contributed by atoms with Crippen molar-refractivity contribution < 1.29 is 23.3 Å². The van der Waals surface area contributed by atoms with Gasteiger partial charge in [-0.1, -0.05) is 88.9 Å². The van der Waals surface area contributed by atoms with Crippen molar-refractivity contribution in [2.24, 2.45) is 0 Å². The molecule has 0 bridgehead atoms. The van der Waals surface area contributed by atoms with Crippen molar-refractivity contribution in [2.45, 2.75) is 92.0 Å². The maximum Gasteiger partial charge on any atom is 0.165 e. The molecule has 4 aromatic carbocycles. The van der Waals surface area contributed by atoms with E-state index >= 15 is 0 Å². The summed E-state index contributed by atoms with van der Waals surface area (Å²) < 4.78 is 33.8. The lowest BCUT2D eigenvalue weighted by atomic mass is 10.1. The fourth-order valence-electron chi connectivity index (χ4n) is 3.60. The van der Waals surface area contributed by atoms with Crippen molar-refractivity contribution in [1.82, 2.24) is 0 Å². The zero-order valence-electron chi connectivity index (χ0n) is 26.9. The zero-order valence-corrected chi connectivity index (χ0v) is 26.9. The van der Waals surface area contributed by atoms with Gasteiger partial charge < -0.3 is 18.9 Å². The molecule has 0 radical (unpaired) electrons. The summed E-state index contributed by atoms with van der Waals surface area (Å²) in [6.07, 6.45) is 0. The summed E-state index contributed by atoms with van der Waals surface area (Å²) in [6, 6.07) is 27.3. The molecule has 0 saturated heterocycles. The molecular weight excluding hydrogens is 575 g/mol. The Labute approximate surface area is 282 Å². The Morgan fingerprint density at radius 3 is 1.09 bits per heavy atom. The molecule has 0 aliphatic carbocycles. The highest BCUT2D eigenvalue weighted by atomic mass is 19.1. The third-order valence-corrected chi connectivity index (χ3v) is 5.68. The van der Waals surface area contributed by atoms with Crippen LogP contribution in [0.5, 0.6) is 23.0 Å². The van der Waals surface area contributed by atoms with E-state index < -0.39 is 0 Å². The first-order valence-electron chi connectivity index (χ1n) is 14.6. The molecule has 4 aromatic rings. The molecule has 0 unspecified atom stereocenters. The van der Waals surface area contributed by atoms with Gasteiger partial charge in [0.25, 0.3) is 0 Å². The molecule has 0 fully saturated rings. The molecule has 5 heteroatoms. The molecule has 0 amide bonds. The fraction of sp³-hybridized carbons (Fsp3) is 0.415. The van der Waals surface area contributed by atoms with Crippen LogP contribution in [0, 0.1) is 40.4 Å². The number of hydrogen-bond donors (Lipinski definition) is 0. The van der Waals surface area contributed by atoms with Gasteiger partial charge in [0.05, 0.1) is 26.4 Å². The van der Waals surface area contributed by atoms with Gasteiger partial charge in [-0.2, -0.15) is 0 Å². The summed E-state index contributed by atoms with van der Waals surface area (Å²) in [7, 11) is 0. The predicted octanol–water partition coefficient (Wildman–Crippen LogP) is 12.6. The summed E-state index contributed by atoms with van der Waals surface area (Å²) >= 11 is 0. The van der Waals surface area contributed by atoms with Crippen LogP contribution in [0.15, 0.2) is 84.9 Å². The number of halogens is 1. The molecule has 0 aliphatic rings. The van der Waals surface area contributed by atoms with Crippen LogP contribution in [-0.2, 0) is 0 Å². The van der Waals surface area contributed by atoms with Crippen molar-refractivity contribution >= 4 is 0 Å². The van der Waals surface area contributed by atoms with E-state index in [1.54, 1.807) is 6.07 Å². The van der Waals surface area contributed by atoms with Crippen LogP contribution in [0.3, 0.4) is 0 Å². The first-order valence-corrected chi connectivity index (χ1v) is 14.6. The van der Waals surface area contributed by atoms with Gasteiger partial charge in [-0.3, -0.25) is 0 Å². The van der Waals surface area contributed by atoms with Crippen LogP contribution in [0.25, 0.3) is 0 Å². The molecule has 0 heterocycles. The third-order valence-electron chi connectivity index (χ3n) is 5.68. The second-order valence-electron chi connectivity index (χ2n) is 9.56. The van der Waals surface area contributed by atoms with Crippen LogP contribution < -0.4 is 18.9 Å². The van der Waals surface area contributed by atoms with Crippen molar-refractivity contribution in [3.8, 4) is 23.0 Å². The molecule has 0 atom stereocenters. The maximum atomic E-state index is 12.9. The molecule has 0 N–H and O–H groups in total. The Balaban J connectivity index is -0.000000249. The second kappa shape index (κ2) is 28.5. The van der Waals surface area contributed by atoms with Gasteiger partial charge in [-0.05, 0) is 116 Å². The van der Waals surface area contributed by atoms with Crippen LogP contribution in [0.2, 0.25) is 0 Å². The number of rotatable bonds is 8. The van der Waals surface area contributed by atoms with E-state index in [1.165, 1.54) is 28.3 Å². The average molecular weight is 641 g/mol. The van der Waals surface area contributed by atoms with E-state index in [-0.39, 0.29) is 35.5 Å². The van der Waals surface area contributed by atoms with Crippen LogP contribution in [0.1, 0.15) is 85.2 Å². The summed E-state index contributed by atoms with van der Waals surface area (Å²) in [4.78, 5) is 0. The SMILES string of the molecule is C.C.C.C.CCOc1ccc(C)cc1.CCOc1ccc(C)cc1.CCOc1ccc(C)cc1C.CCOc1ccc(C)cc1F. The fourth-order valence-corrected chi connectivity index (χ4v) is 3.60. The summed E-state index contributed by atoms with van der Waals surface area (Å²) in [6.45, 7) is 20.7. The summed E-state index contributed by atoms with van der Waals surface area (Å²) in [5.74, 6) is 2.95. The third kappa shape index (κ3) is 20.9. The van der Waals surface area contributed by atoms with Gasteiger partial charge >= 0.3 is 0 Å². The van der Waals surface area contributed by atoms with Gasteiger partial charge in [0, 0.05) is 0 Å². The minimum atomic E-state index is -0.285. The molecule has 46 heavy (non-hydrogen) atoms. The second-order valence-corrected chi connectivity index (χ2v) is 9.56. The largest absolute Gasteiger partial charge is 0.494 e. The van der Waals surface area contributed by atoms with Crippen LogP contribution in [-0.4, -0.2) is 26.4 Å². The smallest absolute Gasteiger partial charge is 0.165 e. The molecule has 0 aliphatic heterocycles. The number of aryl methyl sites for hydroxylation is 5. The Morgan fingerprint density at radius 1 is 0.413 bits per heavy atom. The Bertz CT molecular complexity index is 1170. The van der Waals surface area contributed by atoms with E-state index in [0.29, 0.717) is 12.4 Å². The van der Waals surface area contributed by atoms with Crippen molar-refractivity contribution in [3.63, 3.8) is 0 Å². The molecule has 4 rings (SSSR count). The highest BCUT2D eigenvalue weighted by molar-refractivity contribution is 5.35. The lowest BCUT2D eigenvalue weighted by molar-refractivity contribution is 0.321.